The van der Waals surface area contributed by atoms with Crippen LogP contribution in [0.25, 0.3) is 0 Å². The molecule has 1 N–H and O–H groups in total. The summed E-state index contributed by atoms with van der Waals surface area (Å²) in [6.45, 7) is 9.17. The number of piperidine rings is 1. The minimum Gasteiger partial charge on any atom is -0.381 e. The van der Waals surface area contributed by atoms with Gasteiger partial charge in [0.25, 0.3) is 0 Å². The van der Waals surface area contributed by atoms with Gasteiger partial charge in [0.1, 0.15) is 0 Å². The van der Waals surface area contributed by atoms with Crippen LogP contribution in [-0.4, -0.2) is 50.3 Å². The van der Waals surface area contributed by atoms with Crippen LogP contribution >= 0.6 is 0 Å². The van der Waals surface area contributed by atoms with Gasteiger partial charge in [0.05, 0.1) is 0 Å². The SMILES string of the molecule is CCNC1CCN(CC2CCOCC2)CC1. The van der Waals surface area contributed by atoms with Crippen LogP contribution in [0.5, 0.6) is 0 Å². The maximum atomic E-state index is 5.41. The molecule has 0 aromatic rings. The molecule has 3 nitrogen and oxygen atoms in total. The molecule has 94 valence electrons. The molecule has 0 aliphatic carbocycles. The van der Waals surface area contributed by atoms with E-state index in [1.165, 1.54) is 45.3 Å². The Morgan fingerprint density at radius 1 is 1.12 bits per heavy atom. The fraction of sp³-hybridized carbons (Fsp3) is 1.00. The second-order valence-corrected chi connectivity index (χ2v) is 5.19. The van der Waals surface area contributed by atoms with E-state index in [2.05, 4.69) is 17.1 Å². The Kier molecular flexibility index (Phi) is 5.07. The van der Waals surface area contributed by atoms with Crippen LogP contribution in [0.15, 0.2) is 0 Å². The molecule has 0 unspecified atom stereocenters. The van der Waals surface area contributed by atoms with Gasteiger partial charge in [-0.15, -0.1) is 0 Å². The van der Waals surface area contributed by atoms with Crippen LogP contribution in [0.2, 0.25) is 0 Å². The first-order valence-electron chi connectivity index (χ1n) is 6.92. The Labute approximate surface area is 99.5 Å². The molecule has 0 atom stereocenters. The number of ether oxygens (including phenoxy) is 1. The van der Waals surface area contributed by atoms with E-state index in [0.717, 1.165) is 31.7 Å². The van der Waals surface area contributed by atoms with Gasteiger partial charge in [-0.1, -0.05) is 6.92 Å². The lowest BCUT2D eigenvalue weighted by Crippen LogP contribution is -2.44. The highest BCUT2D eigenvalue weighted by Gasteiger charge is 2.22. The van der Waals surface area contributed by atoms with Crippen LogP contribution in [0.1, 0.15) is 32.6 Å². The van der Waals surface area contributed by atoms with Crippen LogP contribution in [-0.2, 0) is 4.74 Å². The Morgan fingerprint density at radius 2 is 1.81 bits per heavy atom. The number of nitrogens with one attached hydrogen (secondary N) is 1. The highest BCUT2D eigenvalue weighted by atomic mass is 16.5. The van der Waals surface area contributed by atoms with Crippen LogP contribution in [0.3, 0.4) is 0 Å². The molecule has 3 heteroatoms. The highest BCUT2D eigenvalue weighted by molar-refractivity contribution is 4.78. The molecule has 2 aliphatic heterocycles. The zero-order valence-electron chi connectivity index (χ0n) is 10.6. The topological polar surface area (TPSA) is 24.5 Å². The zero-order valence-corrected chi connectivity index (χ0v) is 10.6. The van der Waals surface area contributed by atoms with Crippen molar-refractivity contribution in [3.05, 3.63) is 0 Å². The Bertz CT molecular complexity index is 184. The Balaban J connectivity index is 1.64. The van der Waals surface area contributed by atoms with E-state index in [1.807, 2.05) is 0 Å². The Hall–Kier alpha value is -0.120. The van der Waals surface area contributed by atoms with Crippen molar-refractivity contribution >= 4 is 0 Å². The third-order valence-corrected chi connectivity index (χ3v) is 3.94. The summed E-state index contributed by atoms with van der Waals surface area (Å²) in [6.07, 6.45) is 5.20. The molecule has 2 aliphatic rings. The molecule has 2 saturated heterocycles. The molecule has 0 spiro atoms. The second kappa shape index (κ2) is 6.58. The predicted octanol–water partition coefficient (Wildman–Crippen LogP) is 1.49. The van der Waals surface area contributed by atoms with Gasteiger partial charge in [0.2, 0.25) is 0 Å². The maximum absolute atomic E-state index is 5.41. The number of nitrogens with zero attached hydrogens (tertiary/aromatic N) is 1. The fourth-order valence-corrected chi connectivity index (χ4v) is 2.90. The van der Waals surface area contributed by atoms with E-state index in [-0.39, 0.29) is 0 Å². The van der Waals surface area contributed by atoms with Crippen molar-refractivity contribution in [2.45, 2.75) is 38.6 Å². The largest absolute Gasteiger partial charge is 0.381 e. The molecule has 0 aromatic carbocycles. The first-order valence-corrected chi connectivity index (χ1v) is 6.92. The van der Waals surface area contributed by atoms with E-state index in [1.54, 1.807) is 0 Å². The summed E-state index contributed by atoms with van der Waals surface area (Å²) in [5.41, 5.74) is 0. The van der Waals surface area contributed by atoms with Crippen molar-refractivity contribution in [3.63, 3.8) is 0 Å². The lowest BCUT2D eigenvalue weighted by Gasteiger charge is -2.35. The van der Waals surface area contributed by atoms with Crippen molar-refractivity contribution in [1.82, 2.24) is 10.2 Å². The summed E-state index contributed by atoms with van der Waals surface area (Å²) in [7, 11) is 0. The molecule has 0 amide bonds. The van der Waals surface area contributed by atoms with Gasteiger partial charge in [-0.2, -0.15) is 0 Å². The van der Waals surface area contributed by atoms with Gasteiger partial charge in [-0.05, 0) is 51.2 Å². The lowest BCUT2D eigenvalue weighted by atomic mass is 9.97. The van der Waals surface area contributed by atoms with Gasteiger partial charge in [0, 0.05) is 25.8 Å². The number of rotatable bonds is 4. The molecule has 0 radical (unpaired) electrons. The first kappa shape index (κ1) is 12.3. The minimum atomic E-state index is 0.774. The van der Waals surface area contributed by atoms with Crippen molar-refractivity contribution in [2.75, 3.05) is 39.4 Å². The van der Waals surface area contributed by atoms with E-state index in [4.69, 9.17) is 4.74 Å². The average molecular weight is 226 g/mol. The van der Waals surface area contributed by atoms with Crippen molar-refractivity contribution in [2.24, 2.45) is 5.92 Å². The molecule has 0 bridgehead atoms. The standard InChI is InChI=1S/C13H26N2O/c1-2-14-13-3-7-15(8-4-13)11-12-5-9-16-10-6-12/h12-14H,2-11H2,1H3. The molecule has 2 fully saturated rings. The smallest absolute Gasteiger partial charge is 0.0469 e. The van der Waals surface area contributed by atoms with Gasteiger partial charge in [0.15, 0.2) is 0 Å². The van der Waals surface area contributed by atoms with Gasteiger partial charge in [-0.25, -0.2) is 0 Å². The normalized spacial score (nSPS) is 26.1. The van der Waals surface area contributed by atoms with Crippen LogP contribution in [0.4, 0.5) is 0 Å². The first-order chi connectivity index (χ1) is 7.88. The summed E-state index contributed by atoms with van der Waals surface area (Å²) in [6, 6.07) is 0.774. The van der Waals surface area contributed by atoms with E-state index >= 15 is 0 Å². The molecule has 2 heterocycles. The zero-order chi connectivity index (χ0) is 11.2. The van der Waals surface area contributed by atoms with Crippen molar-refractivity contribution < 1.29 is 4.74 Å². The van der Waals surface area contributed by atoms with Crippen LogP contribution in [0, 0.1) is 5.92 Å². The van der Waals surface area contributed by atoms with Gasteiger partial charge >= 0.3 is 0 Å². The third-order valence-electron chi connectivity index (χ3n) is 3.94. The summed E-state index contributed by atoms with van der Waals surface area (Å²) in [5, 5.41) is 3.56. The number of likely N-dealkylation sites (tertiary alicyclic amines) is 1. The molecule has 0 saturated carbocycles. The quantitative estimate of drug-likeness (QED) is 0.786. The van der Waals surface area contributed by atoms with E-state index in [0.29, 0.717) is 0 Å². The molecular formula is C13H26N2O. The number of hydrogen-bond acceptors (Lipinski definition) is 3. The molecule has 16 heavy (non-hydrogen) atoms. The van der Waals surface area contributed by atoms with Crippen LogP contribution < -0.4 is 5.32 Å². The van der Waals surface area contributed by atoms with E-state index in [9.17, 15) is 0 Å². The molecule has 0 aromatic heterocycles. The van der Waals surface area contributed by atoms with E-state index < -0.39 is 0 Å². The average Bonchev–Trinajstić information content (AvgIpc) is 2.33. The monoisotopic (exact) mass is 226 g/mol. The molecule has 2 rings (SSSR count). The Morgan fingerprint density at radius 3 is 2.44 bits per heavy atom. The molecular weight excluding hydrogens is 200 g/mol. The van der Waals surface area contributed by atoms with Crippen molar-refractivity contribution in [1.29, 1.82) is 0 Å². The summed E-state index contributed by atoms with van der Waals surface area (Å²) in [5.74, 6) is 0.893. The maximum Gasteiger partial charge on any atom is 0.0469 e. The lowest BCUT2D eigenvalue weighted by molar-refractivity contribution is 0.0481. The van der Waals surface area contributed by atoms with Gasteiger partial charge in [-0.3, -0.25) is 0 Å². The fourth-order valence-electron chi connectivity index (χ4n) is 2.90. The van der Waals surface area contributed by atoms with Crippen molar-refractivity contribution in [3.8, 4) is 0 Å². The summed E-state index contributed by atoms with van der Waals surface area (Å²) >= 11 is 0. The second-order valence-electron chi connectivity index (χ2n) is 5.19. The minimum absolute atomic E-state index is 0.774. The highest BCUT2D eigenvalue weighted by Crippen LogP contribution is 2.18. The predicted molar refractivity (Wildman–Crippen MR) is 66.7 cm³/mol. The summed E-state index contributed by atoms with van der Waals surface area (Å²) in [4.78, 5) is 2.66. The van der Waals surface area contributed by atoms with Gasteiger partial charge < -0.3 is 15.0 Å². The summed E-state index contributed by atoms with van der Waals surface area (Å²) < 4.78 is 5.41. The number of hydrogen-bond donors (Lipinski definition) is 1. The third kappa shape index (κ3) is 3.72.